The molecule has 12 aromatic rings. The van der Waals surface area contributed by atoms with Gasteiger partial charge in [-0.1, -0.05) is 200 Å². The molecule has 0 bridgehead atoms. The molecule has 0 fully saturated rings. The van der Waals surface area contributed by atoms with Crippen molar-refractivity contribution < 1.29 is 4.74 Å². The summed E-state index contributed by atoms with van der Waals surface area (Å²) in [6.45, 7) is 0. The lowest BCUT2D eigenvalue weighted by Gasteiger charge is -2.41. The third kappa shape index (κ3) is 5.90. The van der Waals surface area contributed by atoms with E-state index in [0.717, 1.165) is 58.2 Å². The minimum Gasteiger partial charge on any atom is -0.461 e. The summed E-state index contributed by atoms with van der Waals surface area (Å²) in [6.07, 6.45) is 6.52. The normalized spacial score (nSPS) is 16.5. The van der Waals surface area contributed by atoms with Crippen LogP contribution >= 0.6 is 11.8 Å². The van der Waals surface area contributed by atoms with Gasteiger partial charge in [-0.15, -0.1) is 0 Å². The van der Waals surface area contributed by atoms with Crippen molar-refractivity contribution in [3.8, 4) is 44.8 Å². The molecule has 5 aliphatic rings. The molecule has 0 amide bonds. The Labute approximate surface area is 457 Å². The lowest BCUT2D eigenvalue weighted by atomic mass is 9.64. The van der Waals surface area contributed by atoms with Crippen molar-refractivity contribution in [3.63, 3.8) is 0 Å². The van der Waals surface area contributed by atoms with Gasteiger partial charge in [-0.25, -0.2) is 0 Å². The number of allylic oxidation sites excluding steroid dienone is 4. The van der Waals surface area contributed by atoms with Crippen LogP contribution in [0.1, 0.15) is 51.8 Å². The number of para-hydroxylation sites is 3. The van der Waals surface area contributed by atoms with Gasteiger partial charge in [0.15, 0.2) is 0 Å². The Morgan fingerprint density at radius 3 is 1.71 bits per heavy atom. The third-order valence-electron chi connectivity index (χ3n) is 17.6. The Hall–Kier alpha value is -9.35. The average Bonchev–Trinajstić information content (AvgIpc) is 3.80. The lowest BCUT2D eigenvalue weighted by molar-refractivity contribution is 0.364. The van der Waals surface area contributed by atoms with E-state index in [-0.39, 0.29) is 0 Å². The van der Waals surface area contributed by atoms with E-state index in [9.17, 15) is 0 Å². The third-order valence-corrected chi connectivity index (χ3v) is 18.7. The van der Waals surface area contributed by atoms with Crippen LogP contribution in [0.5, 0.6) is 5.75 Å². The van der Waals surface area contributed by atoms with Crippen molar-refractivity contribution >= 4 is 50.6 Å². The Balaban J connectivity index is 0.925. The fraction of sp³-hybridized carbons (Fsp3) is 0.0541. The number of rotatable bonds is 5. The van der Waals surface area contributed by atoms with Crippen molar-refractivity contribution in [1.29, 1.82) is 0 Å². The van der Waals surface area contributed by atoms with Crippen LogP contribution in [0.4, 0.5) is 17.1 Å². The number of anilines is 3. The monoisotopic (exact) mass is 1010 g/mol. The molecule has 1 aromatic heterocycles. The average molecular weight is 1010 g/mol. The minimum atomic E-state index is -0.583. The lowest BCUT2D eigenvalue weighted by Crippen LogP contribution is -2.35. The van der Waals surface area contributed by atoms with Gasteiger partial charge in [0.25, 0.3) is 0 Å². The van der Waals surface area contributed by atoms with Gasteiger partial charge in [0, 0.05) is 60.9 Å². The summed E-state index contributed by atoms with van der Waals surface area (Å²) in [5, 5.41) is 2.48. The van der Waals surface area contributed by atoms with Gasteiger partial charge in [0.05, 0.1) is 21.9 Å². The number of benzene rings is 11. The second-order valence-electron chi connectivity index (χ2n) is 21.3. The summed E-state index contributed by atoms with van der Waals surface area (Å²) >= 11 is 1.89. The molecule has 3 nitrogen and oxygen atoms in total. The summed E-state index contributed by atoms with van der Waals surface area (Å²) in [5.41, 5.74) is 23.3. The van der Waals surface area contributed by atoms with Crippen LogP contribution < -0.4 is 9.64 Å². The van der Waals surface area contributed by atoms with Crippen LogP contribution in [-0.2, 0) is 10.8 Å². The summed E-state index contributed by atoms with van der Waals surface area (Å²) in [7, 11) is 0. The summed E-state index contributed by atoms with van der Waals surface area (Å²) in [6, 6.07) is 95.5. The van der Waals surface area contributed by atoms with Crippen LogP contribution in [0.15, 0.2) is 288 Å². The molecule has 0 saturated heterocycles. The van der Waals surface area contributed by atoms with Gasteiger partial charge in [-0.2, -0.15) is 0 Å². The zero-order chi connectivity index (χ0) is 51.1. The van der Waals surface area contributed by atoms with Gasteiger partial charge in [0.1, 0.15) is 11.5 Å². The smallest absolute Gasteiger partial charge is 0.131 e. The SMILES string of the molecule is C1=CC2=C(CC1)Oc1ccccc1C21c2ccccc2-c2ccc(N(c3cccc(-c4ccc5c6ccccc6n(-c6ccccc6)c5c4)c3)c3ccc4c(c3)C3(c5ccccc5Sc5ccccc53)c3ccccc3-4)cc21. The highest BCUT2D eigenvalue weighted by Gasteiger charge is 2.53. The molecular weight excluding hydrogens is 965 g/mol. The van der Waals surface area contributed by atoms with Crippen molar-refractivity contribution in [3.05, 3.63) is 317 Å². The number of fused-ring (bicyclic) bond motifs is 20. The first-order valence-electron chi connectivity index (χ1n) is 27.2. The van der Waals surface area contributed by atoms with E-state index < -0.39 is 10.8 Å². The summed E-state index contributed by atoms with van der Waals surface area (Å²) < 4.78 is 9.30. The quantitative estimate of drug-likeness (QED) is 0.171. The fourth-order valence-electron chi connectivity index (χ4n) is 14.5. The van der Waals surface area contributed by atoms with Gasteiger partial charge in [-0.3, -0.25) is 0 Å². The molecule has 4 heteroatoms. The standard InChI is InChI=1S/C74H48N2OS/c1-2-20-49(21-3-1)76-67-32-13-6-25-57(67)58-40-37-48(44-68(58)76)47-19-18-22-50(43-47)75(51-38-41-55-53-23-4-7-26-59(53)73(65(55)45-51)61-28-9-14-33-69(61)77-70-34-15-10-29-62(70)73)52-39-42-56-54-24-5-8-27-60(54)74(66(56)46-52)63-30-11-16-35-71(63)78-72-36-17-12-31-64(72)74/h1-14,16-33,35-46H,15,34H2. The molecule has 78 heavy (non-hydrogen) atoms. The molecule has 3 aliphatic carbocycles. The van der Waals surface area contributed by atoms with E-state index in [4.69, 9.17) is 4.74 Å². The fourth-order valence-corrected chi connectivity index (χ4v) is 15.7. The van der Waals surface area contributed by atoms with Crippen LogP contribution in [0.25, 0.3) is 60.9 Å². The maximum atomic E-state index is 6.89. The molecule has 0 N–H and O–H groups in total. The molecule has 2 spiro atoms. The number of ether oxygens (including phenoxy) is 1. The van der Waals surface area contributed by atoms with Crippen molar-refractivity contribution in [2.45, 2.75) is 33.5 Å². The molecular formula is C74H48N2OS. The van der Waals surface area contributed by atoms with Crippen molar-refractivity contribution in [2.75, 3.05) is 4.90 Å². The van der Waals surface area contributed by atoms with Gasteiger partial charge < -0.3 is 14.2 Å². The minimum absolute atomic E-state index is 0.536. The Morgan fingerprint density at radius 1 is 0.397 bits per heavy atom. The van der Waals surface area contributed by atoms with Crippen molar-refractivity contribution in [2.24, 2.45) is 0 Å². The van der Waals surface area contributed by atoms with Crippen LogP contribution in [0.3, 0.4) is 0 Å². The maximum Gasteiger partial charge on any atom is 0.131 e. The molecule has 3 heterocycles. The molecule has 2 aliphatic heterocycles. The van der Waals surface area contributed by atoms with E-state index in [1.54, 1.807) is 0 Å². The highest BCUT2D eigenvalue weighted by molar-refractivity contribution is 7.99. The van der Waals surface area contributed by atoms with E-state index in [1.165, 1.54) is 98.4 Å². The summed E-state index contributed by atoms with van der Waals surface area (Å²) in [4.78, 5) is 5.12. The molecule has 0 radical (unpaired) electrons. The first kappa shape index (κ1) is 43.8. The predicted octanol–water partition coefficient (Wildman–Crippen LogP) is 19.1. The highest BCUT2D eigenvalue weighted by Crippen LogP contribution is 2.65. The zero-order valence-corrected chi connectivity index (χ0v) is 43.3. The van der Waals surface area contributed by atoms with Crippen molar-refractivity contribution in [1.82, 2.24) is 4.57 Å². The van der Waals surface area contributed by atoms with E-state index >= 15 is 0 Å². The number of hydrogen-bond acceptors (Lipinski definition) is 3. The van der Waals surface area contributed by atoms with Gasteiger partial charge in [-0.05, 0) is 152 Å². The van der Waals surface area contributed by atoms with Crippen LogP contribution in [0.2, 0.25) is 0 Å². The Bertz CT molecular complexity index is 4550. The number of aromatic nitrogens is 1. The largest absolute Gasteiger partial charge is 0.461 e. The summed E-state index contributed by atoms with van der Waals surface area (Å²) in [5.74, 6) is 1.99. The maximum absolute atomic E-state index is 6.89. The van der Waals surface area contributed by atoms with Gasteiger partial charge in [0.2, 0.25) is 0 Å². The van der Waals surface area contributed by atoms with Gasteiger partial charge >= 0.3 is 0 Å². The molecule has 11 aromatic carbocycles. The molecule has 366 valence electrons. The Kier molecular flexibility index (Phi) is 9.32. The van der Waals surface area contributed by atoms with E-state index in [1.807, 2.05) is 11.8 Å². The van der Waals surface area contributed by atoms with Crippen LogP contribution in [0, 0.1) is 0 Å². The van der Waals surface area contributed by atoms with Crippen LogP contribution in [-0.4, -0.2) is 4.57 Å². The highest BCUT2D eigenvalue weighted by atomic mass is 32.2. The zero-order valence-electron chi connectivity index (χ0n) is 42.5. The Morgan fingerprint density at radius 2 is 0.962 bits per heavy atom. The number of hydrogen-bond donors (Lipinski definition) is 0. The predicted molar refractivity (Wildman–Crippen MR) is 320 cm³/mol. The molecule has 1 atom stereocenters. The number of nitrogens with zero attached hydrogens (tertiary/aromatic N) is 2. The second-order valence-corrected chi connectivity index (χ2v) is 22.4. The van der Waals surface area contributed by atoms with E-state index in [2.05, 4.69) is 276 Å². The first-order chi connectivity index (χ1) is 38.7. The van der Waals surface area contributed by atoms with E-state index in [0.29, 0.717) is 0 Å². The second kappa shape index (κ2) is 16.6. The molecule has 1 unspecified atom stereocenters. The topological polar surface area (TPSA) is 17.4 Å². The molecule has 17 rings (SSSR count). The molecule has 0 saturated carbocycles. The first-order valence-corrected chi connectivity index (χ1v) is 28.0.